The third-order valence-corrected chi connectivity index (χ3v) is 4.43. The highest BCUT2D eigenvalue weighted by Gasteiger charge is 2.21. The number of benzene rings is 1. The zero-order valence-electron chi connectivity index (χ0n) is 15.1. The number of hydrogen-bond acceptors (Lipinski definition) is 5. The van der Waals surface area contributed by atoms with Crippen LogP contribution >= 0.6 is 0 Å². The molecular weight excluding hydrogens is 332 g/mol. The molecule has 2 aromatic rings. The molecule has 0 radical (unpaired) electrons. The Morgan fingerprint density at radius 1 is 1.12 bits per heavy atom. The van der Waals surface area contributed by atoms with E-state index >= 15 is 0 Å². The Balaban J connectivity index is 1.51. The van der Waals surface area contributed by atoms with Crippen LogP contribution in [0.3, 0.4) is 0 Å². The van der Waals surface area contributed by atoms with E-state index in [9.17, 15) is 4.79 Å². The molecule has 0 unspecified atom stereocenters. The van der Waals surface area contributed by atoms with Crippen molar-refractivity contribution in [1.82, 2.24) is 14.8 Å². The predicted molar refractivity (Wildman–Crippen MR) is 99.7 cm³/mol. The molecule has 3 rings (SSSR count). The fourth-order valence-electron chi connectivity index (χ4n) is 2.99. The van der Waals surface area contributed by atoms with E-state index in [-0.39, 0.29) is 6.03 Å². The van der Waals surface area contributed by atoms with Gasteiger partial charge in [-0.2, -0.15) is 0 Å². The average Bonchev–Trinajstić information content (AvgIpc) is 2.69. The number of ether oxygens (including phenoxy) is 2. The highest BCUT2D eigenvalue weighted by Crippen LogP contribution is 2.28. The molecule has 1 N–H and O–H groups in total. The first-order valence-electron chi connectivity index (χ1n) is 8.59. The number of carbonyl (C=O) groups is 1. The summed E-state index contributed by atoms with van der Waals surface area (Å²) in [6.45, 7) is 3.86. The van der Waals surface area contributed by atoms with Crippen LogP contribution in [0, 0.1) is 0 Å². The van der Waals surface area contributed by atoms with Gasteiger partial charge in [0.15, 0.2) is 11.5 Å². The summed E-state index contributed by atoms with van der Waals surface area (Å²) in [6.07, 6.45) is 3.33. The number of urea groups is 1. The second-order valence-electron chi connectivity index (χ2n) is 6.12. The molecule has 1 saturated heterocycles. The summed E-state index contributed by atoms with van der Waals surface area (Å²) in [5.74, 6) is 1.47. The molecule has 1 aromatic carbocycles. The standard InChI is InChI=1S/C19H24N4O3/c1-25-17-6-5-15(12-18(17)26-2)14-22-8-10-23(11-9-22)19(24)21-16-4-3-7-20-13-16/h3-7,12-13H,8-11,14H2,1-2H3,(H,21,24). The molecule has 0 saturated carbocycles. The van der Waals surface area contributed by atoms with E-state index in [1.165, 1.54) is 0 Å². The SMILES string of the molecule is COc1ccc(CN2CCN(C(=O)Nc3cccnc3)CC2)cc1OC. The van der Waals surface area contributed by atoms with E-state index < -0.39 is 0 Å². The number of rotatable bonds is 5. The van der Waals surface area contributed by atoms with Crippen LogP contribution in [-0.2, 0) is 6.54 Å². The van der Waals surface area contributed by atoms with E-state index in [0.29, 0.717) is 18.8 Å². The summed E-state index contributed by atoms with van der Waals surface area (Å²) in [5, 5.41) is 2.88. The van der Waals surface area contributed by atoms with E-state index in [1.807, 2.05) is 29.2 Å². The lowest BCUT2D eigenvalue weighted by Gasteiger charge is -2.34. The molecule has 138 valence electrons. The average molecular weight is 356 g/mol. The second-order valence-corrected chi connectivity index (χ2v) is 6.12. The molecule has 7 nitrogen and oxygen atoms in total. The molecule has 0 aliphatic carbocycles. The number of anilines is 1. The monoisotopic (exact) mass is 356 g/mol. The van der Waals surface area contributed by atoms with Crippen molar-refractivity contribution in [2.24, 2.45) is 0 Å². The maximum atomic E-state index is 12.3. The van der Waals surface area contributed by atoms with Gasteiger partial charge in [-0.1, -0.05) is 6.07 Å². The van der Waals surface area contributed by atoms with Gasteiger partial charge in [-0.15, -0.1) is 0 Å². The zero-order valence-corrected chi connectivity index (χ0v) is 15.1. The first kappa shape index (κ1) is 18.0. The number of aromatic nitrogens is 1. The Morgan fingerprint density at radius 3 is 2.54 bits per heavy atom. The van der Waals surface area contributed by atoms with Gasteiger partial charge in [0.05, 0.1) is 26.1 Å². The van der Waals surface area contributed by atoms with Crippen LogP contribution in [0.25, 0.3) is 0 Å². The molecule has 1 aromatic heterocycles. The van der Waals surface area contributed by atoms with Gasteiger partial charge in [-0.25, -0.2) is 4.79 Å². The van der Waals surface area contributed by atoms with Crippen LogP contribution in [-0.4, -0.2) is 61.2 Å². The Kier molecular flexibility index (Phi) is 5.91. The van der Waals surface area contributed by atoms with Gasteiger partial charge in [0, 0.05) is 38.9 Å². The predicted octanol–water partition coefficient (Wildman–Crippen LogP) is 2.45. The van der Waals surface area contributed by atoms with Crippen molar-refractivity contribution in [2.75, 3.05) is 45.7 Å². The largest absolute Gasteiger partial charge is 0.493 e. The van der Waals surface area contributed by atoms with Crippen LogP contribution in [0.15, 0.2) is 42.7 Å². The number of piperazine rings is 1. The number of hydrogen-bond donors (Lipinski definition) is 1. The fraction of sp³-hybridized carbons (Fsp3) is 0.368. The lowest BCUT2D eigenvalue weighted by atomic mass is 10.1. The number of amides is 2. The summed E-state index contributed by atoms with van der Waals surface area (Å²) in [7, 11) is 3.27. The Morgan fingerprint density at radius 2 is 1.88 bits per heavy atom. The molecule has 0 bridgehead atoms. The molecule has 26 heavy (non-hydrogen) atoms. The minimum atomic E-state index is -0.0798. The Hall–Kier alpha value is -2.80. The Bertz CT molecular complexity index is 731. The molecule has 0 spiro atoms. The number of carbonyl (C=O) groups excluding carboxylic acids is 1. The van der Waals surface area contributed by atoms with Gasteiger partial charge >= 0.3 is 6.03 Å². The van der Waals surface area contributed by atoms with Crippen molar-refractivity contribution >= 4 is 11.7 Å². The van der Waals surface area contributed by atoms with Crippen LogP contribution in [0.2, 0.25) is 0 Å². The van der Waals surface area contributed by atoms with Gasteiger partial charge < -0.3 is 19.7 Å². The molecule has 7 heteroatoms. The maximum absolute atomic E-state index is 12.3. The van der Waals surface area contributed by atoms with E-state index in [1.54, 1.807) is 32.7 Å². The van der Waals surface area contributed by atoms with Gasteiger partial charge in [0.1, 0.15) is 0 Å². The van der Waals surface area contributed by atoms with Crippen LogP contribution in [0.5, 0.6) is 11.5 Å². The maximum Gasteiger partial charge on any atom is 0.321 e. The second kappa shape index (κ2) is 8.53. The molecular formula is C19H24N4O3. The summed E-state index contributed by atoms with van der Waals surface area (Å²) in [4.78, 5) is 20.5. The zero-order chi connectivity index (χ0) is 18.4. The number of nitrogens with zero attached hydrogens (tertiary/aromatic N) is 3. The molecule has 2 heterocycles. The molecule has 0 atom stereocenters. The normalized spacial score (nSPS) is 14.8. The quantitative estimate of drug-likeness (QED) is 0.891. The first-order chi connectivity index (χ1) is 12.7. The summed E-state index contributed by atoms with van der Waals surface area (Å²) in [5.41, 5.74) is 1.88. The molecule has 1 aliphatic heterocycles. The molecule has 1 fully saturated rings. The molecule has 1 aliphatic rings. The van der Waals surface area contributed by atoms with E-state index in [4.69, 9.17) is 9.47 Å². The van der Waals surface area contributed by atoms with Crippen molar-refractivity contribution < 1.29 is 14.3 Å². The Labute approximate surface area is 153 Å². The van der Waals surface area contributed by atoms with Crippen molar-refractivity contribution in [3.05, 3.63) is 48.3 Å². The summed E-state index contributed by atoms with van der Waals surface area (Å²) < 4.78 is 10.6. The van der Waals surface area contributed by atoms with Crippen molar-refractivity contribution in [2.45, 2.75) is 6.54 Å². The van der Waals surface area contributed by atoms with Crippen LogP contribution < -0.4 is 14.8 Å². The lowest BCUT2D eigenvalue weighted by Crippen LogP contribution is -2.49. The molecule has 2 amide bonds. The minimum Gasteiger partial charge on any atom is -0.493 e. The number of methoxy groups -OCH3 is 2. The number of pyridine rings is 1. The third kappa shape index (κ3) is 4.43. The van der Waals surface area contributed by atoms with Gasteiger partial charge in [-0.05, 0) is 29.8 Å². The third-order valence-electron chi connectivity index (χ3n) is 4.43. The van der Waals surface area contributed by atoms with Crippen molar-refractivity contribution in [3.8, 4) is 11.5 Å². The minimum absolute atomic E-state index is 0.0798. The van der Waals surface area contributed by atoms with Gasteiger partial charge in [0.2, 0.25) is 0 Å². The topological polar surface area (TPSA) is 66.9 Å². The smallest absolute Gasteiger partial charge is 0.321 e. The first-order valence-corrected chi connectivity index (χ1v) is 8.59. The lowest BCUT2D eigenvalue weighted by molar-refractivity contribution is 0.143. The fourth-order valence-corrected chi connectivity index (χ4v) is 2.99. The van der Waals surface area contributed by atoms with Gasteiger partial charge in [-0.3, -0.25) is 9.88 Å². The highest BCUT2D eigenvalue weighted by molar-refractivity contribution is 5.89. The van der Waals surface area contributed by atoms with E-state index in [0.717, 1.165) is 36.7 Å². The van der Waals surface area contributed by atoms with Crippen LogP contribution in [0.4, 0.5) is 10.5 Å². The van der Waals surface area contributed by atoms with Gasteiger partial charge in [0.25, 0.3) is 0 Å². The van der Waals surface area contributed by atoms with Crippen LogP contribution in [0.1, 0.15) is 5.56 Å². The van der Waals surface area contributed by atoms with E-state index in [2.05, 4.69) is 15.2 Å². The van der Waals surface area contributed by atoms with Crippen molar-refractivity contribution in [3.63, 3.8) is 0 Å². The summed E-state index contributed by atoms with van der Waals surface area (Å²) in [6, 6.07) is 9.52. The van der Waals surface area contributed by atoms with Crippen molar-refractivity contribution in [1.29, 1.82) is 0 Å². The highest BCUT2D eigenvalue weighted by atomic mass is 16.5. The summed E-state index contributed by atoms with van der Waals surface area (Å²) >= 11 is 0. The number of nitrogens with one attached hydrogen (secondary N) is 1.